The van der Waals surface area contributed by atoms with Crippen LogP contribution in [0.4, 0.5) is 14.5 Å². The summed E-state index contributed by atoms with van der Waals surface area (Å²) in [6, 6.07) is 9.85. The van der Waals surface area contributed by atoms with Gasteiger partial charge >= 0.3 is 0 Å². The fraction of sp³-hybridized carbons (Fsp3) is 0.188. The van der Waals surface area contributed by atoms with Crippen molar-refractivity contribution in [1.29, 1.82) is 0 Å². The van der Waals surface area contributed by atoms with Crippen LogP contribution in [0.5, 0.6) is 0 Å². The molecule has 1 N–H and O–H groups in total. The molecule has 0 spiro atoms. The summed E-state index contributed by atoms with van der Waals surface area (Å²) in [6.45, 7) is 0.286. The molecule has 0 fully saturated rings. The Bertz CT molecular complexity index is 702. The molecule has 1 atom stereocenters. The lowest BCUT2D eigenvalue weighted by Crippen LogP contribution is -2.37. The quantitative estimate of drug-likeness (QED) is 0.876. The molecule has 1 unspecified atom stereocenters. The van der Waals surface area contributed by atoms with Crippen LogP contribution in [-0.2, 0) is 0 Å². The van der Waals surface area contributed by atoms with Gasteiger partial charge in [-0.3, -0.25) is 4.79 Å². The van der Waals surface area contributed by atoms with E-state index >= 15 is 0 Å². The Morgan fingerprint density at radius 2 is 1.95 bits per heavy atom. The highest BCUT2D eigenvalue weighted by molar-refractivity contribution is 6.07. The number of anilines is 1. The number of amides is 1. The van der Waals surface area contributed by atoms with E-state index < -0.39 is 23.6 Å². The number of carbonyl (C=O) groups excluding carboxylic acids is 1. The molecule has 0 saturated heterocycles. The molecule has 0 radical (unpaired) electrons. The van der Waals surface area contributed by atoms with Crippen LogP contribution in [0, 0.1) is 11.6 Å². The zero-order valence-corrected chi connectivity index (χ0v) is 11.1. The Morgan fingerprint density at radius 1 is 1.19 bits per heavy atom. The largest absolute Gasteiger partial charge is 0.388 e. The van der Waals surface area contributed by atoms with E-state index in [-0.39, 0.29) is 12.1 Å². The summed E-state index contributed by atoms with van der Waals surface area (Å²) in [4.78, 5) is 13.9. The van der Waals surface area contributed by atoms with E-state index in [0.717, 1.165) is 12.1 Å². The Hall–Kier alpha value is -2.27. The van der Waals surface area contributed by atoms with Crippen molar-refractivity contribution in [3.8, 4) is 0 Å². The lowest BCUT2D eigenvalue weighted by molar-refractivity contribution is 0.0966. The SMILES string of the molecule is O=C(c1ccc(F)cc1F)N1CCC(O)c2ccccc21. The molecule has 1 heterocycles. The van der Waals surface area contributed by atoms with Crippen molar-refractivity contribution >= 4 is 11.6 Å². The maximum atomic E-state index is 13.8. The zero-order valence-electron chi connectivity index (χ0n) is 11.1. The Labute approximate surface area is 120 Å². The smallest absolute Gasteiger partial charge is 0.261 e. The molecule has 2 aromatic rings. The van der Waals surface area contributed by atoms with Crippen molar-refractivity contribution in [3.05, 3.63) is 65.2 Å². The number of halogens is 2. The first-order chi connectivity index (χ1) is 10.1. The van der Waals surface area contributed by atoms with Crippen LogP contribution < -0.4 is 4.90 Å². The van der Waals surface area contributed by atoms with E-state index in [1.807, 2.05) is 0 Å². The number of hydrogen-bond donors (Lipinski definition) is 1. The molecule has 3 rings (SSSR count). The summed E-state index contributed by atoms with van der Waals surface area (Å²) in [7, 11) is 0. The number of nitrogens with zero attached hydrogens (tertiary/aromatic N) is 1. The van der Waals surface area contributed by atoms with Gasteiger partial charge in [0.2, 0.25) is 0 Å². The van der Waals surface area contributed by atoms with Gasteiger partial charge in [0.15, 0.2) is 0 Å². The second-order valence-electron chi connectivity index (χ2n) is 4.94. The molecule has 5 heteroatoms. The first-order valence-corrected chi connectivity index (χ1v) is 6.62. The second kappa shape index (κ2) is 5.26. The summed E-state index contributed by atoms with van der Waals surface area (Å²) < 4.78 is 26.7. The molecule has 1 aliphatic heterocycles. The number of aliphatic hydroxyl groups is 1. The first-order valence-electron chi connectivity index (χ1n) is 6.62. The molecule has 0 aliphatic carbocycles. The third kappa shape index (κ3) is 2.40. The summed E-state index contributed by atoms with van der Waals surface area (Å²) in [6.07, 6.45) is -0.255. The standard InChI is InChI=1S/C16H13F2NO2/c17-10-5-6-11(13(18)9-10)16(21)19-8-7-15(20)12-3-1-2-4-14(12)19/h1-6,9,15,20H,7-8H2. The Kier molecular flexibility index (Phi) is 3.43. The minimum atomic E-state index is -0.886. The van der Waals surface area contributed by atoms with Gasteiger partial charge in [-0.1, -0.05) is 18.2 Å². The number of aliphatic hydroxyl groups excluding tert-OH is 1. The van der Waals surface area contributed by atoms with Crippen LogP contribution in [0.3, 0.4) is 0 Å². The third-order valence-electron chi connectivity index (χ3n) is 3.62. The molecule has 108 valence electrons. The molecule has 3 nitrogen and oxygen atoms in total. The fourth-order valence-corrected chi connectivity index (χ4v) is 2.56. The van der Waals surface area contributed by atoms with Crippen LogP contribution in [0.15, 0.2) is 42.5 Å². The highest BCUT2D eigenvalue weighted by Crippen LogP contribution is 2.34. The van der Waals surface area contributed by atoms with Crippen molar-refractivity contribution in [2.75, 3.05) is 11.4 Å². The van der Waals surface area contributed by atoms with Gasteiger partial charge in [0, 0.05) is 23.9 Å². The number of hydrogen-bond acceptors (Lipinski definition) is 2. The molecule has 0 saturated carbocycles. The molecule has 21 heavy (non-hydrogen) atoms. The molecule has 2 aromatic carbocycles. The van der Waals surface area contributed by atoms with Crippen molar-refractivity contribution in [2.45, 2.75) is 12.5 Å². The van der Waals surface area contributed by atoms with Crippen molar-refractivity contribution < 1.29 is 18.7 Å². The Balaban J connectivity index is 2.01. The highest BCUT2D eigenvalue weighted by atomic mass is 19.1. The molecule has 1 aliphatic rings. The highest BCUT2D eigenvalue weighted by Gasteiger charge is 2.29. The molecule has 0 bridgehead atoms. The molecule has 0 aromatic heterocycles. The summed E-state index contributed by atoms with van der Waals surface area (Å²) in [5.41, 5.74) is 1.02. The fourth-order valence-electron chi connectivity index (χ4n) is 2.56. The van der Waals surface area contributed by atoms with Gasteiger partial charge in [0.1, 0.15) is 11.6 Å². The van der Waals surface area contributed by atoms with Crippen LogP contribution >= 0.6 is 0 Å². The van der Waals surface area contributed by atoms with Gasteiger partial charge in [0.25, 0.3) is 5.91 Å². The third-order valence-corrected chi connectivity index (χ3v) is 3.62. The van der Waals surface area contributed by atoms with Crippen molar-refractivity contribution in [2.24, 2.45) is 0 Å². The van der Waals surface area contributed by atoms with Gasteiger partial charge in [-0.25, -0.2) is 8.78 Å². The number of para-hydroxylation sites is 1. The number of rotatable bonds is 1. The molecular formula is C16H13F2NO2. The van der Waals surface area contributed by atoms with E-state index in [1.54, 1.807) is 24.3 Å². The predicted molar refractivity (Wildman–Crippen MR) is 74.1 cm³/mol. The number of benzene rings is 2. The van der Waals surface area contributed by atoms with E-state index in [4.69, 9.17) is 0 Å². The molecule has 1 amide bonds. The minimum absolute atomic E-state index is 0.178. The molecular weight excluding hydrogens is 276 g/mol. The lowest BCUT2D eigenvalue weighted by atomic mass is 9.98. The van der Waals surface area contributed by atoms with E-state index in [2.05, 4.69) is 0 Å². The van der Waals surface area contributed by atoms with Gasteiger partial charge in [0.05, 0.1) is 11.7 Å². The second-order valence-corrected chi connectivity index (χ2v) is 4.94. The average Bonchev–Trinajstić information content (AvgIpc) is 2.47. The van der Waals surface area contributed by atoms with Crippen molar-refractivity contribution in [1.82, 2.24) is 0 Å². The lowest BCUT2D eigenvalue weighted by Gasteiger charge is -2.32. The maximum absolute atomic E-state index is 13.8. The monoisotopic (exact) mass is 289 g/mol. The van der Waals surface area contributed by atoms with Crippen LogP contribution in [0.25, 0.3) is 0 Å². The predicted octanol–water partition coefficient (Wildman–Crippen LogP) is 3.05. The average molecular weight is 289 g/mol. The summed E-state index contributed by atoms with van der Waals surface area (Å²) in [5.74, 6) is -2.14. The van der Waals surface area contributed by atoms with E-state index in [0.29, 0.717) is 23.7 Å². The van der Waals surface area contributed by atoms with Crippen LogP contribution in [0.2, 0.25) is 0 Å². The minimum Gasteiger partial charge on any atom is -0.388 e. The maximum Gasteiger partial charge on any atom is 0.261 e. The van der Waals surface area contributed by atoms with Gasteiger partial charge in [-0.05, 0) is 24.6 Å². The number of fused-ring (bicyclic) bond motifs is 1. The zero-order chi connectivity index (χ0) is 15.0. The first kappa shape index (κ1) is 13.7. The van der Waals surface area contributed by atoms with Crippen molar-refractivity contribution in [3.63, 3.8) is 0 Å². The number of carbonyl (C=O) groups is 1. The summed E-state index contributed by atoms with van der Waals surface area (Å²) >= 11 is 0. The van der Waals surface area contributed by atoms with Crippen LogP contribution in [-0.4, -0.2) is 17.6 Å². The van der Waals surface area contributed by atoms with E-state index in [9.17, 15) is 18.7 Å². The van der Waals surface area contributed by atoms with E-state index in [1.165, 1.54) is 4.90 Å². The van der Waals surface area contributed by atoms with Gasteiger partial charge in [-0.15, -0.1) is 0 Å². The topological polar surface area (TPSA) is 40.5 Å². The summed E-state index contributed by atoms with van der Waals surface area (Å²) in [5, 5.41) is 9.96. The normalized spacial score (nSPS) is 17.5. The van der Waals surface area contributed by atoms with Gasteiger partial charge in [-0.2, -0.15) is 0 Å². The van der Waals surface area contributed by atoms with Crippen LogP contribution in [0.1, 0.15) is 28.4 Å². The van der Waals surface area contributed by atoms with Gasteiger partial charge < -0.3 is 10.0 Å². The Morgan fingerprint density at radius 3 is 2.71 bits per heavy atom.